The molecule has 210 valence electrons. The number of ketones is 2. The van der Waals surface area contributed by atoms with E-state index in [1.807, 2.05) is 12.1 Å². The number of non-ortho nitro benzene ring substituents is 1. The smallest absolute Gasteiger partial charge is 0.269 e. The van der Waals surface area contributed by atoms with E-state index in [2.05, 4.69) is 27.5 Å². The first kappa shape index (κ1) is 28.3. The predicted molar refractivity (Wildman–Crippen MR) is 156 cm³/mol. The third-order valence-corrected chi connectivity index (χ3v) is 8.50. The molecule has 0 saturated heterocycles. The van der Waals surface area contributed by atoms with Crippen LogP contribution in [0.3, 0.4) is 0 Å². The molecule has 5 rings (SSSR count). The van der Waals surface area contributed by atoms with E-state index in [0.29, 0.717) is 54.2 Å². The highest BCUT2D eigenvalue weighted by atomic mass is 127. The highest BCUT2D eigenvalue weighted by molar-refractivity contribution is 14.1. The lowest BCUT2D eigenvalue weighted by Crippen LogP contribution is -2.40. The van der Waals surface area contributed by atoms with Crippen LogP contribution in [0.2, 0.25) is 0 Å². The summed E-state index contributed by atoms with van der Waals surface area (Å²) in [5.74, 6) is 0.684. The molecule has 40 heavy (non-hydrogen) atoms. The van der Waals surface area contributed by atoms with Crippen LogP contribution in [0.1, 0.15) is 55.6 Å². The van der Waals surface area contributed by atoms with Crippen molar-refractivity contribution in [2.45, 2.75) is 51.0 Å². The molecule has 2 aliphatic carbocycles. The Balaban J connectivity index is 1.56. The molecular weight excluding hydrogens is 627 g/mol. The molecular formula is C30H31IN2O7. The Bertz CT molecular complexity index is 1390. The molecule has 1 aliphatic heterocycles. The van der Waals surface area contributed by atoms with Gasteiger partial charge in [0.2, 0.25) is 0 Å². The van der Waals surface area contributed by atoms with E-state index in [1.165, 1.54) is 12.1 Å². The summed E-state index contributed by atoms with van der Waals surface area (Å²) < 4.78 is 18.0. The molecule has 0 fully saturated rings. The minimum atomic E-state index is -0.461. The molecule has 3 aliphatic rings. The Hall–Kier alpha value is -3.25. The van der Waals surface area contributed by atoms with Crippen molar-refractivity contribution in [3.63, 3.8) is 0 Å². The van der Waals surface area contributed by atoms with Crippen LogP contribution in [0.25, 0.3) is 0 Å². The summed E-state index contributed by atoms with van der Waals surface area (Å²) in [6.07, 6.45) is 4.06. The van der Waals surface area contributed by atoms with Crippen LogP contribution < -0.4 is 9.47 Å². The highest BCUT2D eigenvalue weighted by Gasteiger charge is 2.43. The number of methoxy groups -OCH3 is 2. The van der Waals surface area contributed by atoms with Crippen molar-refractivity contribution in [1.29, 1.82) is 0 Å². The summed E-state index contributed by atoms with van der Waals surface area (Å²) in [5.41, 5.74) is 4.90. The first-order chi connectivity index (χ1) is 19.3. The van der Waals surface area contributed by atoms with Gasteiger partial charge in [0.15, 0.2) is 23.1 Å². The Morgan fingerprint density at radius 3 is 2.27 bits per heavy atom. The SMILES string of the molecule is COCCN1C2=C(C(=O)CCC2)C(c2cc(I)c(OCc3cccc([N+](=O)[O-])c3)c(OC)c2)C2=C1CCCC2=O. The third kappa shape index (κ3) is 5.38. The number of Topliss-reactive ketones (excluding diaryl/α,β-unsaturated/α-hetero) is 2. The molecule has 0 N–H and O–H groups in total. The fourth-order valence-electron chi connectivity index (χ4n) is 5.96. The molecule has 2 aromatic carbocycles. The van der Waals surface area contributed by atoms with E-state index in [0.717, 1.165) is 46.2 Å². The van der Waals surface area contributed by atoms with Gasteiger partial charge in [0.25, 0.3) is 5.69 Å². The average Bonchev–Trinajstić information content (AvgIpc) is 2.95. The van der Waals surface area contributed by atoms with Crippen molar-refractivity contribution in [2.75, 3.05) is 27.4 Å². The topological polar surface area (TPSA) is 108 Å². The van der Waals surface area contributed by atoms with E-state index in [9.17, 15) is 19.7 Å². The van der Waals surface area contributed by atoms with Crippen LogP contribution in [0.4, 0.5) is 5.69 Å². The summed E-state index contributed by atoms with van der Waals surface area (Å²) in [6, 6.07) is 10.1. The molecule has 10 heteroatoms. The van der Waals surface area contributed by atoms with E-state index in [-0.39, 0.29) is 23.9 Å². The fourth-order valence-corrected chi connectivity index (χ4v) is 6.75. The molecule has 2 aromatic rings. The predicted octanol–water partition coefficient (Wildman–Crippen LogP) is 5.85. The number of hydrogen-bond donors (Lipinski definition) is 0. The molecule has 0 aromatic heterocycles. The van der Waals surface area contributed by atoms with Gasteiger partial charge in [-0.25, -0.2) is 0 Å². The molecule has 9 nitrogen and oxygen atoms in total. The van der Waals surface area contributed by atoms with Crippen LogP contribution in [0, 0.1) is 13.7 Å². The molecule has 0 spiro atoms. The van der Waals surface area contributed by atoms with Gasteiger partial charge in [0.1, 0.15) is 6.61 Å². The second-order valence-corrected chi connectivity index (χ2v) is 11.3. The number of carbonyl (C=O) groups is 2. The number of carbonyl (C=O) groups excluding carboxylic acids is 2. The standard InChI is InChI=1S/C30H31IN2O7/c1-38-13-12-32-22-8-4-10-24(34)28(22)27(29-23(32)9-5-11-25(29)35)19-15-21(31)30(26(16-19)39-2)40-17-18-6-3-7-20(14-18)33(36)37/h3,6-7,14-16,27H,4-5,8-13,17H2,1-2H3. The largest absolute Gasteiger partial charge is 0.493 e. The number of halogens is 1. The average molecular weight is 658 g/mol. The Labute approximate surface area is 246 Å². The number of ether oxygens (including phenoxy) is 3. The number of nitro groups is 1. The molecule has 0 unspecified atom stereocenters. The second kappa shape index (κ2) is 12.1. The quantitative estimate of drug-likeness (QED) is 0.188. The van der Waals surface area contributed by atoms with Gasteiger partial charge in [-0.3, -0.25) is 19.7 Å². The van der Waals surface area contributed by atoms with Gasteiger partial charge >= 0.3 is 0 Å². The second-order valence-electron chi connectivity index (χ2n) is 10.1. The van der Waals surface area contributed by atoms with Gasteiger partial charge in [0, 0.05) is 67.1 Å². The van der Waals surface area contributed by atoms with Gasteiger partial charge in [0.05, 0.1) is 22.2 Å². The normalized spacial score (nSPS) is 17.6. The Morgan fingerprint density at radius 1 is 1.00 bits per heavy atom. The van der Waals surface area contributed by atoms with E-state index < -0.39 is 10.8 Å². The number of allylic oxidation sites excluding steroid dienone is 4. The first-order valence-corrected chi connectivity index (χ1v) is 14.4. The number of nitro benzene ring substituents is 1. The summed E-state index contributed by atoms with van der Waals surface area (Å²) in [6.45, 7) is 1.22. The van der Waals surface area contributed by atoms with Crippen molar-refractivity contribution in [3.8, 4) is 11.5 Å². The summed E-state index contributed by atoms with van der Waals surface area (Å²) in [5, 5.41) is 11.2. The van der Waals surface area contributed by atoms with Crippen molar-refractivity contribution < 1.29 is 28.7 Å². The molecule has 0 bridgehead atoms. The first-order valence-electron chi connectivity index (χ1n) is 13.4. The number of hydrogen-bond acceptors (Lipinski definition) is 8. The minimum Gasteiger partial charge on any atom is -0.493 e. The Kier molecular flexibility index (Phi) is 8.55. The molecule has 1 heterocycles. The highest BCUT2D eigenvalue weighted by Crippen LogP contribution is 2.50. The molecule has 0 amide bonds. The van der Waals surface area contributed by atoms with E-state index in [1.54, 1.807) is 26.4 Å². The summed E-state index contributed by atoms with van der Waals surface area (Å²) >= 11 is 2.18. The Morgan fingerprint density at radius 2 is 1.68 bits per heavy atom. The van der Waals surface area contributed by atoms with Crippen LogP contribution in [-0.2, 0) is 20.9 Å². The van der Waals surface area contributed by atoms with Crippen LogP contribution in [0.5, 0.6) is 11.5 Å². The lowest BCUT2D eigenvalue weighted by atomic mass is 9.71. The molecule has 0 saturated carbocycles. The maximum absolute atomic E-state index is 13.5. The van der Waals surface area contributed by atoms with E-state index in [4.69, 9.17) is 14.2 Å². The zero-order valence-corrected chi connectivity index (χ0v) is 24.7. The van der Waals surface area contributed by atoms with Crippen molar-refractivity contribution in [2.24, 2.45) is 0 Å². The van der Waals surface area contributed by atoms with Crippen LogP contribution in [0.15, 0.2) is 58.9 Å². The maximum atomic E-state index is 13.5. The van der Waals surface area contributed by atoms with Gasteiger partial charge in [-0.05, 0) is 71.5 Å². The van der Waals surface area contributed by atoms with Crippen molar-refractivity contribution in [1.82, 2.24) is 4.90 Å². The number of rotatable bonds is 9. The monoisotopic (exact) mass is 658 g/mol. The molecule has 0 atom stereocenters. The zero-order valence-electron chi connectivity index (χ0n) is 22.5. The third-order valence-electron chi connectivity index (χ3n) is 7.70. The summed E-state index contributed by atoms with van der Waals surface area (Å²) in [4.78, 5) is 39.9. The zero-order chi connectivity index (χ0) is 28.4. The van der Waals surface area contributed by atoms with Gasteiger partial charge in [-0.1, -0.05) is 12.1 Å². The lowest BCUT2D eigenvalue weighted by molar-refractivity contribution is -0.384. The lowest BCUT2D eigenvalue weighted by Gasteiger charge is -2.44. The fraction of sp³-hybridized carbons (Fsp3) is 0.400. The maximum Gasteiger partial charge on any atom is 0.269 e. The number of benzene rings is 2. The van der Waals surface area contributed by atoms with Gasteiger partial charge in [-0.15, -0.1) is 0 Å². The van der Waals surface area contributed by atoms with Gasteiger partial charge < -0.3 is 19.1 Å². The number of nitrogens with zero attached hydrogens (tertiary/aromatic N) is 2. The summed E-state index contributed by atoms with van der Waals surface area (Å²) in [7, 11) is 3.21. The van der Waals surface area contributed by atoms with Crippen molar-refractivity contribution >= 4 is 39.8 Å². The minimum absolute atomic E-state index is 0.00240. The van der Waals surface area contributed by atoms with Gasteiger partial charge in [-0.2, -0.15) is 0 Å². The van der Waals surface area contributed by atoms with Crippen molar-refractivity contribution in [3.05, 3.63) is 83.7 Å². The van der Waals surface area contributed by atoms with Crippen LogP contribution in [-0.4, -0.2) is 48.8 Å². The van der Waals surface area contributed by atoms with Crippen LogP contribution >= 0.6 is 22.6 Å². The van der Waals surface area contributed by atoms with E-state index >= 15 is 0 Å². The molecule has 0 radical (unpaired) electrons.